The molecule has 0 spiro atoms. The van der Waals surface area contributed by atoms with Crippen LogP contribution in [0.4, 0.5) is 5.69 Å². The quantitative estimate of drug-likeness (QED) is 0.585. The van der Waals surface area contributed by atoms with Crippen molar-refractivity contribution in [2.75, 3.05) is 18.0 Å². The van der Waals surface area contributed by atoms with Crippen molar-refractivity contribution in [3.05, 3.63) is 90.1 Å². The molecule has 1 aliphatic heterocycles. The SMILES string of the molecule is O=C(/C=C1/NCCN(c2ccccc2)C1=O)c1cccc2ccccc12. The Kier molecular flexibility index (Phi) is 4.23. The lowest BCUT2D eigenvalue weighted by Crippen LogP contribution is -2.46. The van der Waals surface area contributed by atoms with Crippen molar-refractivity contribution in [2.45, 2.75) is 0 Å². The number of para-hydroxylation sites is 1. The first-order chi connectivity index (χ1) is 12.7. The van der Waals surface area contributed by atoms with Gasteiger partial charge in [-0.3, -0.25) is 9.59 Å². The lowest BCUT2D eigenvalue weighted by atomic mass is 10.0. The van der Waals surface area contributed by atoms with E-state index in [1.807, 2.05) is 66.7 Å². The fraction of sp³-hybridized carbons (Fsp3) is 0.0909. The van der Waals surface area contributed by atoms with Gasteiger partial charge in [0.2, 0.25) is 0 Å². The summed E-state index contributed by atoms with van der Waals surface area (Å²) in [5.41, 5.74) is 1.77. The smallest absolute Gasteiger partial charge is 0.274 e. The molecule has 0 aliphatic carbocycles. The second-order valence-electron chi connectivity index (χ2n) is 6.17. The summed E-state index contributed by atoms with van der Waals surface area (Å²) in [5.74, 6) is -0.358. The molecular weight excluding hydrogens is 324 g/mol. The van der Waals surface area contributed by atoms with Crippen molar-refractivity contribution in [2.24, 2.45) is 0 Å². The minimum absolute atomic E-state index is 0.174. The zero-order chi connectivity index (χ0) is 17.9. The minimum atomic E-state index is -0.184. The number of benzene rings is 3. The number of amides is 1. The molecule has 4 heteroatoms. The highest BCUT2D eigenvalue weighted by atomic mass is 16.2. The molecule has 1 saturated heterocycles. The molecular formula is C22H18N2O2. The van der Waals surface area contributed by atoms with Crippen molar-refractivity contribution in [3.63, 3.8) is 0 Å². The molecule has 3 aromatic rings. The third kappa shape index (κ3) is 2.97. The summed E-state index contributed by atoms with van der Waals surface area (Å²) >= 11 is 0. The van der Waals surface area contributed by atoms with Crippen molar-refractivity contribution >= 4 is 28.2 Å². The average molecular weight is 342 g/mol. The van der Waals surface area contributed by atoms with Gasteiger partial charge in [-0.1, -0.05) is 60.7 Å². The summed E-state index contributed by atoms with van der Waals surface area (Å²) in [6, 6.07) is 22.9. The number of carbonyl (C=O) groups excluding carboxylic acids is 2. The Balaban J connectivity index is 1.66. The van der Waals surface area contributed by atoms with Gasteiger partial charge in [-0.05, 0) is 22.9 Å². The van der Waals surface area contributed by atoms with Crippen molar-refractivity contribution in [1.29, 1.82) is 0 Å². The van der Waals surface area contributed by atoms with E-state index in [-0.39, 0.29) is 11.7 Å². The first-order valence-electron chi connectivity index (χ1n) is 8.58. The van der Waals surface area contributed by atoms with Gasteiger partial charge in [0.05, 0.1) is 0 Å². The molecule has 0 saturated carbocycles. The molecule has 1 aliphatic rings. The maximum atomic E-state index is 12.8. The van der Waals surface area contributed by atoms with E-state index in [4.69, 9.17) is 0 Å². The number of rotatable bonds is 3. The van der Waals surface area contributed by atoms with Crippen molar-refractivity contribution in [3.8, 4) is 0 Å². The highest BCUT2D eigenvalue weighted by Crippen LogP contribution is 2.21. The number of ketones is 1. The number of nitrogens with one attached hydrogen (secondary N) is 1. The zero-order valence-corrected chi connectivity index (χ0v) is 14.2. The van der Waals surface area contributed by atoms with Gasteiger partial charge in [0, 0.05) is 30.4 Å². The topological polar surface area (TPSA) is 49.4 Å². The molecule has 0 radical (unpaired) electrons. The average Bonchev–Trinajstić information content (AvgIpc) is 2.70. The van der Waals surface area contributed by atoms with Gasteiger partial charge < -0.3 is 10.2 Å². The maximum Gasteiger partial charge on any atom is 0.274 e. The summed E-state index contributed by atoms with van der Waals surface area (Å²) in [4.78, 5) is 27.3. The zero-order valence-electron chi connectivity index (χ0n) is 14.2. The van der Waals surface area contributed by atoms with Gasteiger partial charge >= 0.3 is 0 Å². The molecule has 0 aromatic heterocycles. The fourth-order valence-electron chi connectivity index (χ4n) is 3.24. The first kappa shape index (κ1) is 16.1. The number of hydrogen-bond donors (Lipinski definition) is 1. The number of piperazine rings is 1. The van der Waals surface area contributed by atoms with Crippen LogP contribution in [0, 0.1) is 0 Å². The van der Waals surface area contributed by atoms with E-state index in [0.29, 0.717) is 24.4 Å². The number of anilines is 1. The summed E-state index contributed by atoms with van der Waals surface area (Å²) in [5, 5.41) is 4.96. The molecule has 4 nitrogen and oxygen atoms in total. The summed E-state index contributed by atoms with van der Waals surface area (Å²) < 4.78 is 0. The lowest BCUT2D eigenvalue weighted by molar-refractivity contribution is -0.116. The van der Waals surface area contributed by atoms with Gasteiger partial charge in [-0.2, -0.15) is 0 Å². The molecule has 1 fully saturated rings. The van der Waals surface area contributed by atoms with Crippen molar-refractivity contribution in [1.82, 2.24) is 5.32 Å². The van der Waals surface area contributed by atoms with E-state index >= 15 is 0 Å². The number of nitrogens with zero attached hydrogens (tertiary/aromatic N) is 1. The van der Waals surface area contributed by atoms with E-state index in [9.17, 15) is 9.59 Å². The Labute approximate surface area is 151 Å². The van der Waals surface area contributed by atoms with Gasteiger partial charge in [-0.25, -0.2) is 0 Å². The van der Waals surface area contributed by atoms with Gasteiger partial charge in [0.15, 0.2) is 5.78 Å². The van der Waals surface area contributed by atoms with Crippen LogP contribution in [-0.4, -0.2) is 24.8 Å². The van der Waals surface area contributed by atoms with E-state index < -0.39 is 0 Å². The van der Waals surface area contributed by atoms with E-state index in [1.165, 1.54) is 6.08 Å². The van der Waals surface area contributed by atoms with Crippen LogP contribution in [-0.2, 0) is 4.79 Å². The second-order valence-corrected chi connectivity index (χ2v) is 6.17. The van der Waals surface area contributed by atoms with Crippen LogP contribution >= 0.6 is 0 Å². The molecule has 26 heavy (non-hydrogen) atoms. The largest absolute Gasteiger partial charge is 0.379 e. The van der Waals surface area contributed by atoms with Crippen LogP contribution in [0.2, 0.25) is 0 Å². The predicted molar refractivity (Wildman–Crippen MR) is 103 cm³/mol. The van der Waals surface area contributed by atoms with Crippen LogP contribution in [0.5, 0.6) is 0 Å². The molecule has 3 aromatic carbocycles. The summed E-state index contributed by atoms with van der Waals surface area (Å²) in [6.07, 6.45) is 1.42. The van der Waals surface area contributed by atoms with Crippen LogP contribution < -0.4 is 10.2 Å². The highest BCUT2D eigenvalue weighted by molar-refractivity contribution is 6.17. The summed E-state index contributed by atoms with van der Waals surface area (Å²) in [6.45, 7) is 1.18. The van der Waals surface area contributed by atoms with Crippen molar-refractivity contribution < 1.29 is 9.59 Å². The normalized spacial score (nSPS) is 15.9. The number of carbonyl (C=O) groups is 2. The standard InChI is InChI=1S/C22H18N2O2/c25-21(19-12-6-8-16-7-4-5-11-18(16)19)15-20-22(26)24(14-13-23-20)17-9-2-1-3-10-17/h1-12,15,23H,13-14H2/b20-15+. The Hall–Kier alpha value is -3.40. The summed E-state index contributed by atoms with van der Waals surface area (Å²) in [7, 11) is 0. The highest BCUT2D eigenvalue weighted by Gasteiger charge is 2.25. The molecule has 0 bridgehead atoms. The van der Waals surface area contributed by atoms with E-state index in [2.05, 4.69) is 5.32 Å². The number of fused-ring (bicyclic) bond motifs is 1. The second kappa shape index (κ2) is 6.84. The van der Waals surface area contributed by atoms with E-state index in [0.717, 1.165) is 16.5 Å². The molecule has 0 atom stereocenters. The molecule has 1 N–H and O–H groups in total. The molecule has 1 heterocycles. The number of hydrogen-bond acceptors (Lipinski definition) is 3. The predicted octanol–water partition coefficient (Wildman–Crippen LogP) is 3.54. The third-order valence-electron chi connectivity index (χ3n) is 4.52. The van der Waals surface area contributed by atoms with Crippen LogP contribution in [0.15, 0.2) is 84.6 Å². The Morgan fingerprint density at radius 1 is 0.923 bits per heavy atom. The lowest BCUT2D eigenvalue weighted by Gasteiger charge is -2.29. The molecule has 1 amide bonds. The van der Waals surface area contributed by atoms with Gasteiger partial charge in [-0.15, -0.1) is 0 Å². The van der Waals surface area contributed by atoms with Gasteiger partial charge in [0.25, 0.3) is 5.91 Å². The minimum Gasteiger partial charge on any atom is -0.379 e. The Bertz CT molecular complexity index is 1000. The van der Waals surface area contributed by atoms with E-state index in [1.54, 1.807) is 11.0 Å². The van der Waals surface area contributed by atoms with Crippen LogP contribution in [0.25, 0.3) is 10.8 Å². The first-order valence-corrected chi connectivity index (χ1v) is 8.58. The molecule has 128 valence electrons. The monoisotopic (exact) mass is 342 g/mol. The Morgan fingerprint density at radius 2 is 1.65 bits per heavy atom. The molecule has 4 rings (SSSR count). The Morgan fingerprint density at radius 3 is 2.50 bits per heavy atom. The fourth-order valence-corrected chi connectivity index (χ4v) is 3.24. The van der Waals surface area contributed by atoms with Crippen LogP contribution in [0.1, 0.15) is 10.4 Å². The number of allylic oxidation sites excluding steroid dienone is 1. The van der Waals surface area contributed by atoms with Crippen LogP contribution in [0.3, 0.4) is 0 Å². The molecule has 0 unspecified atom stereocenters. The van der Waals surface area contributed by atoms with Gasteiger partial charge in [0.1, 0.15) is 5.70 Å². The maximum absolute atomic E-state index is 12.8. The third-order valence-corrected chi connectivity index (χ3v) is 4.52.